The largest absolute Gasteiger partial charge is 0.411 e. The van der Waals surface area contributed by atoms with Crippen molar-refractivity contribution < 1.29 is 10.4 Å². The van der Waals surface area contributed by atoms with Crippen molar-refractivity contribution in [1.29, 1.82) is 0 Å². The van der Waals surface area contributed by atoms with Gasteiger partial charge in [-0.15, -0.1) is 0 Å². The summed E-state index contributed by atoms with van der Waals surface area (Å²) < 4.78 is 0. The van der Waals surface area contributed by atoms with E-state index in [4.69, 9.17) is 10.4 Å². The molecule has 0 aliphatic heterocycles. The summed E-state index contributed by atoms with van der Waals surface area (Å²) >= 11 is 1.29. The lowest BCUT2D eigenvalue weighted by atomic mass is 10.2. The van der Waals surface area contributed by atoms with E-state index in [0.29, 0.717) is 5.75 Å². The highest BCUT2D eigenvalue weighted by Crippen LogP contribution is 2.12. The number of nitrogens with zero attached hydrogens (tertiary/aromatic N) is 2. The number of hydrogen-bond donors (Lipinski definition) is 2. The fourth-order valence-corrected chi connectivity index (χ4v) is 1.56. The zero-order valence-electron chi connectivity index (χ0n) is 7.37. The van der Waals surface area contributed by atoms with Gasteiger partial charge in [-0.1, -0.05) is 52.4 Å². The first kappa shape index (κ1) is 10.6. The summed E-state index contributed by atoms with van der Waals surface area (Å²) in [4.78, 5) is 0. The first-order chi connectivity index (χ1) is 6.86. The second-order valence-electron chi connectivity index (χ2n) is 2.46. The van der Waals surface area contributed by atoms with Gasteiger partial charge in [-0.2, -0.15) is 0 Å². The maximum Gasteiger partial charge on any atom is 0.157 e. The van der Waals surface area contributed by atoms with Gasteiger partial charge < -0.3 is 10.4 Å². The summed E-state index contributed by atoms with van der Waals surface area (Å²) in [7, 11) is 0. The van der Waals surface area contributed by atoms with Crippen LogP contribution in [-0.4, -0.2) is 21.7 Å². The lowest BCUT2D eigenvalue weighted by molar-refractivity contribution is 0.317. The molecule has 0 atom stereocenters. The SMILES string of the molecule is O/N=C/C(=N\O)SCc1ccccc1. The molecule has 0 radical (unpaired) electrons. The average Bonchev–Trinajstić information content (AvgIpc) is 2.25. The van der Waals surface area contributed by atoms with Crippen molar-refractivity contribution >= 4 is 23.0 Å². The predicted molar refractivity (Wildman–Crippen MR) is 57.2 cm³/mol. The van der Waals surface area contributed by atoms with E-state index in [0.717, 1.165) is 11.8 Å². The van der Waals surface area contributed by atoms with Gasteiger partial charge in [0.1, 0.15) is 6.21 Å². The highest BCUT2D eigenvalue weighted by molar-refractivity contribution is 8.14. The zero-order valence-corrected chi connectivity index (χ0v) is 8.18. The number of thioether (sulfide) groups is 1. The molecule has 0 spiro atoms. The van der Waals surface area contributed by atoms with Crippen molar-refractivity contribution in [1.82, 2.24) is 0 Å². The van der Waals surface area contributed by atoms with E-state index >= 15 is 0 Å². The normalized spacial score (nSPS) is 12.1. The summed E-state index contributed by atoms with van der Waals surface area (Å²) in [6.45, 7) is 0. The van der Waals surface area contributed by atoms with Crippen LogP contribution in [0.5, 0.6) is 0 Å². The second kappa shape index (κ2) is 6.04. The lowest BCUT2D eigenvalue weighted by Crippen LogP contribution is -1.94. The van der Waals surface area contributed by atoms with Crippen molar-refractivity contribution in [3.63, 3.8) is 0 Å². The van der Waals surface area contributed by atoms with E-state index < -0.39 is 0 Å². The first-order valence-corrected chi connectivity index (χ1v) is 4.91. The number of oxime groups is 2. The van der Waals surface area contributed by atoms with Gasteiger partial charge in [0.2, 0.25) is 0 Å². The van der Waals surface area contributed by atoms with Crippen LogP contribution >= 0.6 is 11.8 Å². The summed E-state index contributed by atoms with van der Waals surface area (Å²) in [5, 5.41) is 22.7. The van der Waals surface area contributed by atoms with Gasteiger partial charge in [-0.25, -0.2) is 0 Å². The van der Waals surface area contributed by atoms with Crippen LogP contribution in [0.4, 0.5) is 0 Å². The average molecular weight is 210 g/mol. The van der Waals surface area contributed by atoms with Crippen LogP contribution in [0.3, 0.4) is 0 Å². The van der Waals surface area contributed by atoms with Crippen LogP contribution in [0.25, 0.3) is 0 Å². The molecule has 0 aromatic heterocycles. The molecule has 0 fully saturated rings. The third kappa shape index (κ3) is 3.49. The van der Waals surface area contributed by atoms with Crippen molar-refractivity contribution in [3.05, 3.63) is 35.9 Å². The van der Waals surface area contributed by atoms with Gasteiger partial charge in [0.05, 0.1) is 0 Å². The minimum atomic E-state index is 0.274. The van der Waals surface area contributed by atoms with Crippen LogP contribution < -0.4 is 0 Å². The predicted octanol–water partition coefficient (Wildman–Crippen LogP) is 2.17. The van der Waals surface area contributed by atoms with Gasteiger partial charge in [0.15, 0.2) is 5.04 Å². The van der Waals surface area contributed by atoms with Crippen molar-refractivity contribution in [2.24, 2.45) is 10.3 Å². The quantitative estimate of drug-likeness (QED) is 0.348. The standard InChI is InChI=1S/C9H10N2O2S/c12-10-6-9(11-13)14-7-8-4-2-1-3-5-8/h1-6,12-13H,7H2/b10-6+,11-9+. The third-order valence-electron chi connectivity index (χ3n) is 1.50. The van der Waals surface area contributed by atoms with Crippen molar-refractivity contribution in [2.75, 3.05) is 0 Å². The van der Waals surface area contributed by atoms with Crippen LogP contribution in [0.1, 0.15) is 5.56 Å². The van der Waals surface area contributed by atoms with E-state index in [1.807, 2.05) is 30.3 Å². The molecule has 74 valence electrons. The molecule has 0 saturated carbocycles. The molecule has 0 aliphatic carbocycles. The Kier molecular flexibility index (Phi) is 4.57. The maximum atomic E-state index is 8.50. The van der Waals surface area contributed by atoms with Crippen LogP contribution in [0.2, 0.25) is 0 Å². The highest BCUT2D eigenvalue weighted by Gasteiger charge is 1.98. The van der Waals surface area contributed by atoms with Gasteiger partial charge in [-0.3, -0.25) is 0 Å². The van der Waals surface area contributed by atoms with Gasteiger partial charge in [0.25, 0.3) is 0 Å². The van der Waals surface area contributed by atoms with E-state index in [1.165, 1.54) is 11.8 Å². The molecule has 0 bridgehead atoms. The fourth-order valence-electron chi connectivity index (χ4n) is 0.873. The second-order valence-corrected chi connectivity index (χ2v) is 3.45. The van der Waals surface area contributed by atoms with Crippen LogP contribution in [-0.2, 0) is 5.75 Å². The van der Waals surface area contributed by atoms with Crippen LogP contribution in [0, 0.1) is 0 Å². The lowest BCUT2D eigenvalue weighted by Gasteiger charge is -1.98. The molecule has 5 heteroatoms. The Morgan fingerprint density at radius 3 is 2.57 bits per heavy atom. The Balaban J connectivity index is 2.48. The molecule has 0 saturated heterocycles. The molecule has 14 heavy (non-hydrogen) atoms. The third-order valence-corrected chi connectivity index (χ3v) is 2.46. The molecule has 4 nitrogen and oxygen atoms in total. The Hall–Kier alpha value is -1.49. The molecule has 2 N–H and O–H groups in total. The monoisotopic (exact) mass is 210 g/mol. The first-order valence-electron chi connectivity index (χ1n) is 3.93. The number of hydrogen-bond acceptors (Lipinski definition) is 5. The molecular formula is C9H10N2O2S. The Morgan fingerprint density at radius 2 is 2.00 bits per heavy atom. The van der Waals surface area contributed by atoms with Gasteiger partial charge in [-0.05, 0) is 5.56 Å². The van der Waals surface area contributed by atoms with E-state index in [2.05, 4.69) is 10.3 Å². The van der Waals surface area contributed by atoms with E-state index in [9.17, 15) is 0 Å². The summed E-state index contributed by atoms with van der Waals surface area (Å²) in [6, 6.07) is 9.75. The Labute approximate surface area is 85.9 Å². The number of benzene rings is 1. The molecule has 0 aliphatic rings. The maximum absolute atomic E-state index is 8.50. The number of rotatable bonds is 3. The summed E-state index contributed by atoms with van der Waals surface area (Å²) in [5.41, 5.74) is 1.12. The molecule has 1 aromatic rings. The van der Waals surface area contributed by atoms with Crippen molar-refractivity contribution in [2.45, 2.75) is 5.75 Å². The summed E-state index contributed by atoms with van der Waals surface area (Å²) in [5.74, 6) is 0.673. The molecule has 1 aromatic carbocycles. The van der Waals surface area contributed by atoms with Crippen LogP contribution in [0.15, 0.2) is 40.6 Å². The topological polar surface area (TPSA) is 65.2 Å². The smallest absolute Gasteiger partial charge is 0.157 e. The van der Waals surface area contributed by atoms with E-state index in [-0.39, 0.29) is 5.04 Å². The summed E-state index contributed by atoms with van der Waals surface area (Å²) in [6.07, 6.45) is 1.09. The minimum absolute atomic E-state index is 0.274. The highest BCUT2D eigenvalue weighted by atomic mass is 32.2. The van der Waals surface area contributed by atoms with Gasteiger partial charge >= 0.3 is 0 Å². The zero-order chi connectivity index (χ0) is 10.2. The fraction of sp³-hybridized carbons (Fsp3) is 0.111. The molecular weight excluding hydrogens is 200 g/mol. The minimum Gasteiger partial charge on any atom is -0.411 e. The van der Waals surface area contributed by atoms with Gasteiger partial charge in [0, 0.05) is 5.75 Å². The van der Waals surface area contributed by atoms with E-state index in [1.54, 1.807) is 0 Å². The molecule has 1 rings (SSSR count). The van der Waals surface area contributed by atoms with Crippen molar-refractivity contribution in [3.8, 4) is 0 Å². The molecule has 0 unspecified atom stereocenters. The molecule has 0 heterocycles. The Morgan fingerprint density at radius 1 is 1.29 bits per heavy atom. The Bertz CT molecular complexity index is 325. The molecule has 0 amide bonds.